The van der Waals surface area contributed by atoms with Crippen molar-refractivity contribution in [3.05, 3.63) is 0 Å². The lowest BCUT2D eigenvalue weighted by molar-refractivity contribution is 0.109. The summed E-state index contributed by atoms with van der Waals surface area (Å²) in [7, 11) is 1.71. The Morgan fingerprint density at radius 2 is 2.21 bits per heavy atom. The molecule has 5 nitrogen and oxygen atoms in total. The van der Waals surface area contributed by atoms with Crippen molar-refractivity contribution in [1.29, 1.82) is 0 Å². The Bertz CT molecular complexity index is 208. The fraction of sp³-hybridized carbons (Fsp3) is 0.889. The van der Waals surface area contributed by atoms with Gasteiger partial charge in [-0.15, -0.1) is 0 Å². The zero-order valence-electron chi connectivity index (χ0n) is 8.95. The number of β-amino-alcohol motifs (C(OH)–C–C–N with tert-alkyl or cyclic N) is 1. The van der Waals surface area contributed by atoms with Crippen LogP contribution in [0.4, 0.5) is 4.79 Å². The van der Waals surface area contributed by atoms with Gasteiger partial charge < -0.3 is 20.6 Å². The Balaban J connectivity index is 2.47. The molecule has 1 rings (SSSR count). The number of nitrogens with one attached hydrogen (secondary N) is 2. The van der Waals surface area contributed by atoms with Gasteiger partial charge in [-0.05, 0) is 13.8 Å². The first-order valence-electron chi connectivity index (χ1n) is 4.94. The van der Waals surface area contributed by atoms with Crippen LogP contribution in [-0.2, 0) is 0 Å². The largest absolute Gasteiger partial charge is 0.390 e. The number of aliphatic hydroxyl groups is 1. The number of urea groups is 1. The van der Waals surface area contributed by atoms with Crippen LogP contribution in [0.3, 0.4) is 0 Å². The SMILES string of the molecule is CC(C)NC(=O)N(C)[C@H]1CNC[C@@H]1O. The van der Waals surface area contributed by atoms with E-state index in [0.29, 0.717) is 13.1 Å². The molecule has 0 aromatic heterocycles. The van der Waals surface area contributed by atoms with E-state index < -0.39 is 6.10 Å². The van der Waals surface area contributed by atoms with Crippen LogP contribution in [0.25, 0.3) is 0 Å². The number of likely N-dealkylation sites (N-methyl/N-ethyl adjacent to an activating group) is 1. The molecule has 1 heterocycles. The number of amides is 2. The average molecular weight is 201 g/mol. The molecule has 0 unspecified atom stereocenters. The van der Waals surface area contributed by atoms with Gasteiger partial charge >= 0.3 is 6.03 Å². The topological polar surface area (TPSA) is 64.6 Å². The van der Waals surface area contributed by atoms with Crippen molar-refractivity contribution < 1.29 is 9.90 Å². The molecule has 2 atom stereocenters. The third-order valence-electron chi connectivity index (χ3n) is 2.38. The zero-order chi connectivity index (χ0) is 10.7. The van der Waals surface area contributed by atoms with Crippen LogP contribution >= 0.6 is 0 Å². The highest BCUT2D eigenvalue weighted by Gasteiger charge is 2.31. The molecule has 2 amide bonds. The third-order valence-corrected chi connectivity index (χ3v) is 2.38. The molecule has 0 aromatic rings. The van der Waals surface area contributed by atoms with Gasteiger partial charge in [-0.25, -0.2) is 4.79 Å². The molecular weight excluding hydrogens is 182 g/mol. The van der Waals surface area contributed by atoms with E-state index in [1.807, 2.05) is 13.8 Å². The summed E-state index contributed by atoms with van der Waals surface area (Å²) in [6.45, 7) is 5.04. The maximum atomic E-state index is 11.6. The molecular formula is C9H19N3O2. The predicted molar refractivity (Wildman–Crippen MR) is 54.1 cm³/mol. The van der Waals surface area contributed by atoms with Gasteiger partial charge in [-0.2, -0.15) is 0 Å². The van der Waals surface area contributed by atoms with Crippen LogP contribution in [-0.4, -0.2) is 54.4 Å². The number of aliphatic hydroxyl groups excluding tert-OH is 1. The fourth-order valence-corrected chi connectivity index (χ4v) is 1.55. The molecule has 1 aliphatic rings. The second kappa shape index (κ2) is 4.61. The highest BCUT2D eigenvalue weighted by Crippen LogP contribution is 2.07. The molecule has 1 fully saturated rings. The lowest BCUT2D eigenvalue weighted by Crippen LogP contribution is -2.50. The molecule has 3 N–H and O–H groups in total. The van der Waals surface area contributed by atoms with E-state index in [1.54, 1.807) is 11.9 Å². The highest BCUT2D eigenvalue weighted by atomic mass is 16.3. The van der Waals surface area contributed by atoms with E-state index in [-0.39, 0.29) is 18.1 Å². The Hall–Kier alpha value is -0.810. The van der Waals surface area contributed by atoms with Crippen LogP contribution in [0, 0.1) is 0 Å². The van der Waals surface area contributed by atoms with Gasteiger partial charge in [0.15, 0.2) is 0 Å². The van der Waals surface area contributed by atoms with Gasteiger partial charge in [-0.1, -0.05) is 0 Å². The summed E-state index contributed by atoms with van der Waals surface area (Å²) < 4.78 is 0. The Morgan fingerprint density at radius 3 is 2.64 bits per heavy atom. The van der Waals surface area contributed by atoms with Gasteiger partial charge in [0.2, 0.25) is 0 Å². The van der Waals surface area contributed by atoms with Crippen molar-refractivity contribution in [3.63, 3.8) is 0 Å². The van der Waals surface area contributed by atoms with E-state index in [1.165, 1.54) is 0 Å². The quantitative estimate of drug-likeness (QED) is 0.557. The summed E-state index contributed by atoms with van der Waals surface area (Å²) in [6, 6.07) is -0.127. The smallest absolute Gasteiger partial charge is 0.317 e. The molecule has 82 valence electrons. The van der Waals surface area contributed by atoms with Gasteiger partial charge in [0.25, 0.3) is 0 Å². The summed E-state index contributed by atoms with van der Waals surface area (Å²) in [5.74, 6) is 0. The standard InChI is InChI=1S/C9H19N3O2/c1-6(2)11-9(14)12(3)7-4-10-5-8(7)13/h6-8,10,13H,4-5H2,1-3H3,(H,11,14)/t7-,8-/m0/s1. The van der Waals surface area contributed by atoms with Gasteiger partial charge in [0.1, 0.15) is 0 Å². The molecule has 0 spiro atoms. The minimum absolute atomic E-state index is 0.117. The number of nitrogens with zero attached hydrogens (tertiary/aromatic N) is 1. The normalized spacial score (nSPS) is 26.6. The maximum Gasteiger partial charge on any atom is 0.317 e. The molecule has 14 heavy (non-hydrogen) atoms. The number of carbonyl (C=O) groups is 1. The summed E-state index contributed by atoms with van der Waals surface area (Å²) in [6.07, 6.45) is -0.460. The van der Waals surface area contributed by atoms with Crippen LogP contribution in [0.1, 0.15) is 13.8 Å². The first-order valence-corrected chi connectivity index (χ1v) is 4.94. The van der Waals surface area contributed by atoms with Gasteiger partial charge in [-0.3, -0.25) is 0 Å². The van der Waals surface area contributed by atoms with Crippen molar-refractivity contribution in [1.82, 2.24) is 15.5 Å². The minimum Gasteiger partial charge on any atom is -0.390 e. The summed E-state index contributed by atoms with van der Waals surface area (Å²) in [4.78, 5) is 13.1. The minimum atomic E-state index is -0.460. The Kier molecular flexibility index (Phi) is 3.71. The highest BCUT2D eigenvalue weighted by molar-refractivity contribution is 5.74. The first kappa shape index (κ1) is 11.3. The maximum absolute atomic E-state index is 11.6. The molecule has 1 saturated heterocycles. The molecule has 5 heteroatoms. The van der Waals surface area contributed by atoms with Crippen LogP contribution in [0.15, 0.2) is 0 Å². The molecule has 0 aliphatic carbocycles. The molecule has 0 radical (unpaired) electrons. The van der Waals surface area contributed by atoms with Crippen LogP contribution in [0.2, 0.25) is 0 Å². The lowest BCUT2D eigenvalue weighted by Gasteiger charge is -2.27. The molecule has 0 saturated carbocycles. The number of carbonyl (C=O) groups excluding carboxylic acids is 1. The van der Waals surface area contributed by atoms with Crippen LogP contribution < -0.4 is 10.6 Å². The fourth-order valence-electron chi connectivity index (χ4n) is 1.55. The predicted octanol–water partition coefficient (Wildman–Crippen LogP) is -0.631. The Morgan fingerprint density at radius 1 is 1.57 bits per heavy atom. The van der Waals surface area contributed by atoms with E-state index in [9.17, 15) is 9.90 Å². The zero-order valence-corrected chi connectivity index (χ0v) is 8.95. The van der Waals surface area contributed by atoms with Crippen molar-refractivity contribution in [2.75, 3.05) is 20.1 Å². The van der Waals surface area contributed by atoms with Crippen LogP contribution in [0.5, 0.6) is 0 Å². The number of rotatable bonds is 2. The molecule has 1 aliphatic heterocycles. The second-order valence-electron chi connectivity index (χ2n) is 4.01. The first-order chi connectivity index (χ1) is 6.52. The van der Waals surface area contributed by atoms with Crippen molar-refractivity contribution in [2.45, 2.75) is 32.0 Å². The van der Waals surface area contributed by atoms with Crippen molar-refractivity contribution >= 4 is 6.03 Å². The third kappa shape index (κ3) is 2.59. The molecule has 0 aromatic carbocycles. The summed E-state index contributed by atoms with van der Waals surface area (Å²) in [5, 5.41) is 15.4. The lowest BCUT2D eigenvalue weighted by atomic mass is 10.2. The second-order valence-corrected chi connectivity index (χ2v) is 4.01. The Labute approximate surface area is 84.5 Å². The van der Waals surface area contributed by atoms with E-state index in [4.69, 9.17) is 0 Å². The van der Waals surface area contributed by atoms with Gasteiger partial charge in [0.05, 0.1) is 12.1 Å². The van der Waals surface area contributed by atoms with Crippen molar-refractivity contribution in [3.8, 4) is 0 Å². The average Bonchev–Trinajstić information content (AvgIpc) is 2.48. The number of hydrogen-bond acceptors (Lipinski definition) is 3. The van der Waals surface area contributed by atoms with E-state index in [0.717, 1.165) is 0 Å². The van der Waals surface area contributed by atoms with Gasteiger partial charge in [0, 0.05) is 26.2 Å². The molecule has 0 bridgehead atoms. The monoisotopic (exact) mass is 201 g/mol. The number of hydrogen-bond donors (Lipinski definition) is 3. The summed E-state index contributed by atoms with van der Waals surface area (Å²) >= 11 is 0. The van der Waals surface area contributed by atoms with Crippen molar-refractivity contribution in [2.24, 2.45) is 0 Å². The summed E-state index contributed by atoms with van der Waals surface area (Å²) in [5.41, 5.74) is 0. The van der Waals surface area contributed by atoms with E-state index in [2.05, 4.69) is 10.6 Å². The van der Waals surface area contributed by atoms with E-state index >= 15 is 0 Å².